The normalized spacial score (nSPS) is 10.5. The molecule has 0 spiro atoms. The van der Waals surface area contributed by atoms with Crippen LogP contribution in [0.15, 0.2) is 41.3 Å². The molecular weight excluding hydrogens is 255 g/mol. The second-order valence-corrected chi connectivity index (χ2v) is 4.01. The quantitative estimate of drug-likeness (QED) is 0.759. The minimum atomic E-state index is -1.74. The van der Waals surface area contributed by atoms with Gasteiger partial charge in [-0.3, -0.25) is 4.79 Å². The van der Waals surface area contributed by atoms with Crippen molar-refractivity contribution in [3.05, 3.63) is 64.1 Å². The monoisotopic (exact) mass is 265 g/mol. The Kier molecular flexibility index (Phi) is 3.78. The van der Waals surface area contributed by atoms with Crippen LogP contribution < -0.4 is 11.0 Å². The third-order valence-corrected chi connectivity index (χ3v) is 2.69. The number of aromatic nitrogens is 1. The molecule has 0 atom stereocenters. The summed E-state index contributed by atoms with van der Waals surface area (Å²) in [4.78, 5) is 11.7. The van der Waals surface area contributed by atoms with E-state index in [4.69, 9.17) is 10.0 Å². The first-order chi connectivity index (χ1) is 8.99. The van der Waals surface area contributed by atoms with Crippen molar-refractivity contribution in [1.82, 2.24) is 4.57 Å². The highest BCUT2D eigenvalue weighted by Gasteiger charge is 2.13. The molecule has 7 heteroatoms. The Morgan fingerprint density at radius 3 is 2.58 bits per heavy atom. The maximum atomic E-state index is 13.5. The van der Waals surface area contributed by atoms with Gasteiger partial charge in [0.05, 0.1) is 6.54 Å². The predicted molar refractivity (Wildman–Crippen MR) is 66.0 cm³/mol. The smallest absolute Gasteiger partial charge is 0.423 e. The van der Waals surface area contributed by atoms with Gasteiger partial charge in [0.1, 0.15) is 0 Å². The lowest BCUT2D eigenvalue weighted by atomic mass is 9.81. The molecule has 0 saturated carbocycles. The molecule has 1 aromatic heterocycles. The number of benzene rings is 1. The van der Waals surface area contributed by atoms with E-state index in [1.807, 2.05) is 0 Å². The summed E-state index contributed by atoms with van der Waals surface area (Å²) in [7, 11) is -1.74. The first kappa shape index (κ1) is 13.4. The Labute approximate surface area is 107 Å². The number of hydrogen-bond donors (Lipinski definition) is 2. The SMILES string of the molecule is O=c1cc(B(O)O)ccn1Cc1cccc(F)c1F. The molecule has 0 aliphatic rings. The zero-order valence-electron chi connectivity index (χ0n) is 9.75. The largest absolute Gasteiger partial charge is 0.488 e. The fourth-order valence-corrected chi connectivity index (χ4v) is 1.67. The molecule has 2 rings (SSSR count). The molecule has 19 heavy (non-hydrogen) atoms. The van der Waals surface area contributed by atoms with E-state index in [1.54, 1.807) is 0 Å². The summed E-state index contributed by atoms with van der Waals surface area (Å²) in [5.41, 5.74) is -0.449. The highest BCUT2D eigenvalue weighted by atomic mass is 19.2. The van der Waals surface area contributed by atoms with Gasteiger partial charge in [0.2, 0.25) is 5.56 Å². The van der Waals surface area contributed by atoms with Crippen LogP contribution in [-0.2, 0) is 6.54 Å². The van der Waals surface area contributed by atoms with Crippen LogP contribution in [0.4, 0.5) is 8.78 Å². The molecule has 0 aliphatic heterocycles. The van der Waals surface area contributed by atoms with E-state index in [-0.39, 0.29) is 17.6 Å². The molecular formula is C12H10BF2NO3. The third kappa shape index (κ3) is 2.89. The zero-order valence-corrected chi connectivity index (χ0v) is 9.75. The van der Waals surface area contributed by atoms with Crippen molar-refractivity contribution < 1.29 is 18.8 Å². The van der Waals surface area contributed by atoms with E-state index in [2.05, 4.69) is 0 Å². The first-order valence-electron chi connectivity index (χ1n) is 5.48. The molecule has 0 saturated heterocycles. The Morgan fingerprint density at radius 2 is 1.95 bits per heavy atom. The van der Waals surface area contributed by atoms with Crippen molar-refractivity contribution in [2.24, 2.45) is 0 Å². The van der Waals surface area contributed by atoms with Crippen LogP contribution in [0.2, 0.25) is 0 Å². The van der Waals surface area contributed by atoms with Gasteiger partial charge in [-0.2, -0.15) is 0 Å². The number of rotatable bonds is 3. The van der Waals surface area contributed by atoms with E-state index in [0.29, 0.717) is 0 Å². The van der Waals surface area contributed by atoms with Crippen molar-refractivity contribution in [1.29, 1.82) is 0 Å². The number of nitrogens with zero attached hydrogens (tertiary/aromatic N) is 1. The van der Waals surface area contributed by atoms with Crippen molar-refractivity contribution >= 4 is 12.6 Å². The molecule has 0 radical (unpaired) electrons. The van der Waals surface area contributed by atoms with Gasteiger partial charge in [-0.25, -0.2) is 8.78 Å². The maximum absolute atomic E-state index is 13.5. The molecule has 0 amide bonds. The van der Waals surface area contributed by atoms with Gasteiger partial charge in [0, 0.05) is 17.8 Å². The highest BCUT2D eigenvalue weighted by molar-refractivity contribution is 6.58. The molecule has 1 heterocycles. The summed E-state index contributed by atoms with van der Waals surface area (Å²) >= 11 is 0. The molecule has 0 unspecified atom stereocenters. The molecule has 2 N–H and O–H groups in total. The molecule has 1 aromatic carbocycles. The van der Waals surface area contributed by atoms with Gasteiger partial charge in [-0.15, -0.1) is 0 Å². The maximum Gasteiger partial charge on any atom is 0.488 e. The second kappa shape index (κ2) is 5.33. The van der Waals surface area contributed by atoms with Crippen LogP contribution in [0.5, 0.6) is 0 Å². The van der Waals surface area contributed by atoms with E-state index in [1.165, 1.54) is 24.4 Å². The Bertz CT molecular complexity index is 658. The van der Waals surface area contributed by atoms with Gasteiger partial charge >= 0.3 is 7.12 Å². The van der Waals surface area contributed by atoms with Crippen LogP contribution in [0.3, 0.4) is 0 Å². The minimum Gasteiger partial charge on any atom is -0.423 e. The average Bonchev–Trinajstić information content (AvgIpc) is 2.37. The summed E-state index contributed by atoms with van der Waals surface area (Å²) in [6, 6.07) is 6.07. The Hall–Kier alpha value is -1.99. The van der Waals surface area contributed by atoms with E-state index in [0.717, 1.165) is 16.7 Å². The molecule has 4 nitrogen and oxygen atoms in total. The van der Waals surface area contributed by atoms with Crippen LogP contribution in [0.25, 0.3) is 0 Å². The molecule has 98 valence electrons. The number of halogens is 2. The van der Waals surface area contributed by atoms with Gasteiger partial charge in [0.15, 0.2) is 11.6 Å². The molecule has 0 aliphatic carbocycles. The molecule has 0 fully saturated rings. The van der Waals surface area contributed by atoms with Crippen molar-refractivity contribution in [3.63, 3.8) is 0 Å². The van der Waals surface area contributed by atoms with Gasteiger partial charge < -0.3 is 14.6 Å². The van der Waals surface area contributed by atoms with Crippen molar-refractivity contribution in [2.75, 3.05) is 0 Å². The highest BCUT2D eigenvalue weighted by Crippen LogP contribution is 2.11. The standard InChI is InChI=1S/C12H10BF2NO3/c14-10-3-1-2-8(12(10)15)7-16-5-4-9(13(18)19)6-11(16)17/h1-6,18-19H,7H2. The van der Waals surface area contributed by atoms with Crippen LogP contribution in [0, 0.1) is 11.6 Å². The Morgan fingerprint density at radius 1 is 1.21 bits per heavy atom. The lowest BCUT2D eigenvalue weighted by Crippen LogP contribution is -2.35. The van der Waals surface area contributed by atoms with Crippen LogP contribution in [0.1, 0.15) is 5.56 Å². The third-order valence-electron chi connectivity index (χ3n) is 2.69. The van der Waals surface area contributed by atoms with Gasteiger partial charge in [-0.1, -0.05) is 12.1 Å². The second-order valence-electron chi connectivity index (χ2n) is 4.01. The Balaban J connectivity index is 2.34. The lowest BCUT2D eigenvalue weighted by Gasteiger charge is -2.08. The fraction of sp³-hybridized carbons (Fsp3) is 0.0833. The van der Waals surface area contributed by atoms with Crippen LogP contribution in [-0.4, -0.2) is 21.7 Å². The molecule has 2 aromatic rings. The average molecular weight is 265 g/mol. The number of hydrogen-bond acceptors (Lipinski definition) is 3. The summed E-state index contributed by atoms with van der Waals surface area (Å²) in [6.45, 7) is -0.135. The topological polar surface area (TPSA) is 62.5 Å². The summed E-state index contributed by atoms with van der Waals surface area (Å²) in [6.07, 6.45) is 1.29. The van der Waals surface area contributed by atoms with E-state index in [9.17, 15) is 13.6 Å². The van der Waals surface area contributed by atoms with Gasteiger partial charge in [0.25, 0.3) is 0 Å². The van der Waals surface area contributed by atoms with Gasteiger partial charge in [-0.05, 0) is 17.6 Å². The molecule has 0 bridgehead atoms. The summed E-state index contributed by atoms with van der Waals surface area (Å²) in [5, 5.41) is 17.8. The summed E-state index contributed by atoms with van der Waals surface area (Å²) < 4.78 is 27.6. The van der Waals surface area contributed by atoms with Crippen LogP contribution >= 0.6 is 0 Å². The predicted octanol–water partition coefficient (Wildman–Crippen LogP) is -0.145. The van der Waals surface area contributed by atoms with E-state index < -0.39 is 24.3 Å². The minimum absolute atomic E-state index is 0.0411. The zero-order chi connectivity index (χ0) is 14.0. The number of pyridine rings is 1. The van der Waals surface area contributed by atoms with E-state index >= 15 is 0 Å². The summed E-state index contributed by atoms with van der Waals surface area (Å²) in [5.74, 6) is -1.98. The lowest BCUT2D eigenvalue weighted by molar-refractivity contribution is 0.425. The van der Waals surface area contributed by atoms with Crippen molar-refractivity contribution in [2.45, 2.75) is 6.54 Å². The first-order valence-corrected chi connectivity index (χ1v) is 5.48. The fourth-order valence-electron chi connectivity index (χ4n) is 1.67. The van der Waals surface area contributed by atoms with Crippen molar-refractivity contribution in [3.8, 4) is 0 Å².